The summed E-state index contributed by atoms with van der Waals surface area (Å²) in [6.07, 6.45) is 3.78. The second-order valence-electron chi connectivity index (χ2n) is 3.88. The third-order valence-corrected chi connectivity index (χ3v) is 4.39. The van der Waals surface area contributed by atoms with Crippen molar-refractivity contribution in [2.24, 2.45) is 0 Å². The van der Waals surface area contributed by atoms with Crippen molar-refractivity contribution in [1.29, 1.82) is 0 Å². The van der Waals surface area contributed by atoms with E-state index in [0.29, 0.717) is 6.42 Å². The van der Waals surface area contributed by atoms with Crippen LogP contribution in [0.15, 0.2) is 0 Å². The average molecular weight is 342 g/mol. The summed E-state index contributed by atoms with van der Waals surface area (Å²) in [6.45, 7) is 3.88. The molecule has 15 heavy (non-hydrogen) atoms. The molecule has 1 aliphatic heterocycles. The molecule has 0 aromatic carbocycles. The Labute approximate surface area is 107 Å². The second-order valence-corrected chi connectivity index (χ2v) is 5.30. The zero-order valence-electron chi connectivity index (χ0n) is 8.80. The van der Waals surface area contributed by atoms with Crippen LogP contribution in [0.3, 0.4) is 0 Å². The molecule has 0 aromatic rings. The van der Waals surface area contributed by atoms with Gasteiger partial charge in [-0.2, -0.15) is 3.93 Å². The lowest BCUT2D eigenvalue weighted by atomic mass is 9.95. The van der Waals surface area contributed by atoms with Crippen LogP contribution >= 0.6 is 32.3 Å². The molecule has 0 N–H and O–H groups in total. The van der Waals surface area contributed by atoms with Crippen LogP contribution in [0.5, 0.6) is 0 Å². The van der Waals surface area contributed by atoms with Crippen LogP contribution in [-0.4, -0.2) is 25.3 Å². The van der Waals surface area contributed by atoms with Crippen LogP contribution in [0.25, 0.3) is 0 Å². The molecule has 0 spiro atoms. The molecule has 4 nitrogen and oxygen atoms in total. The van der Waals surface area contributed by atoms with E-state index >= 15 is 0 Å². The fourth-order valence-corrected chi connectivity index (χ4v) is 2.84. The summed E-state index contributed by atoms with van der Waals surface area (Å²) in [7, 11) is 0. The van der Waals surface area contributed by atoms with Crippen molar-refractivity contribution in [1.82, 2.24) is 7.85 Å². The van der Waals surface area contributed by atoms with Crippen molar-refractivity contribution < 1.29 is 9.59 Å². The van der Waals surface area contributed by atoms with Crippen LogP contribution in [-0.2, 0) is 4.79 Å². The Balaban J connectivity index is 2.74. The van der Waals surface area contributed by atoms with Gasteiger partial charge in [0.1, 0.15) is 5.54 Å². The Morgan fingerprint density at radius 3 is 2.27 bits per heavy atom. The number of nitrogens with zero attached hydrogens (tertiary/aromatic N) is 2. The minimum atomic E-state index is -0.754. The van der Waals surface area contributed by atoms with Crippen molar-refractivity contribution in [2.45, 2.75) is 45.1 Å². The number of hydrogen-bond acceptors (Lipinski definition) is 2. The molecule has 1 rings (SSSR count). The molecular weight excluding hydrogens is 328 g/mol. The van der Waals surface area contributed by atoms with Gasteiger partial charge in [-0.05, 0) is 13.3 Å². The first-order chi connectivity index (χ1) is 6.95. The highest BCUT2D eigenvalue weighted by molar-refractivity contribution is 9.08. The van der Waals surface area contributed by atoms with E-state index < -0.39 is 5.54 Å². The van der Waals surface area contributed by atoms with Crippen LogP contribution in [0.2, 0.25) is 0 Å². The van der Waals surface area contributed by atoms with Gasteiger partial charge in [0.05, 0.1) is 32.3 Å². The maximum Gasteiger partial charge on any atom is 0.348 e. The van der Waals surface area contributed by atoms with Crippen LogP contribution < -0.4 is 0 Å². The fraction of sp³-hybridized carbons (Fsp3) is 0.778. The Hall–Kier alpha value is -0.100. The van der Waals surface area contributed by atoms with Crippen molar-refractivity contribution in [3.63, 3.8) is 0 Å². The predicted octanol–water partition coefficient (Wildman–Crippen LogP) is 3.21. The third-order valence-electron chi connectivity index (χ3n) is 2.68. The van der Waals surface area contributed by atoms with Gasteiger partial charge < -0.3 is 0 Å². The lowest BCUT2D eigenvalue weighted by Crippen LogP contribution is -2.41. The number of urea groups is 1. The zero-order chi connectivity index (χ0) is 11.6. The molecule has 0 aromatic heterocycles. The summed E-state index contributed by atoms with van der Waals surface area (Å²) in [5.74, 6) is -0.208. The number of carbonyl (C=O) groups excluding carboxylic acids is 2. The molecule has 1 heterocycles. The average Bonchev–Trinajstić information content (AvgIpc) is 2.36. The van der Waals surface area contributed by atoms with E-state index in [0.717, 1.165) is 23.2 Å². The molecule has 0 saturated carbocycles. The van der Waals surface area contributed by atoms with Crippen molar-refractivity contribution >= 4 is 44.2 Å². The predicted molar refractivity (Wildman–Crippen MR) is 64.5 cm³/mol. The summed E-state index contributed by atoms with van der Waals surface area (Å²) < 4.78 is 2.31. The summed E-state index contributed by atoms with van der Waals surface area (Å²) in [5.41, 5.74) is -0.754. The standard InChI is InChI=1S/C9H14Br2N2O2/c1-3-4-5-6-9(2)7(14)12(10)8(15)13(9)11/h3-6H2,1-2H3. The van der Waals surface area contributed by atoms with Gasteiger partial charge in [0, 0.05) is 0 Å². The maximum absolute atomic E-state index is 11.8. The molecule has 1 saturated heterocycles. The van der Waals surface area contributed by atoms with E-state index in [1.807, 2.05) is 0 Å². The maximum atomic E-state index is 11.8. The second kappa shape index (κ2) is 4.82. The Morgan fingerprint density at radius 1 is 1.27 bits per heavy atom. The number of carbonyl (C=O) groups is 2. The largest absolute Gasteiger partial charge is 0.348 e. The monoisotopic (exact) mass is 340 g/mol. The highest BCUT2D eigenvalue weighted by atomic mass is 79.9. The first-order valence-corrected chi connectivity index (χ1v) is 6.37. The van der Waals surface area contributed by atoms with Gasteiger partial charge in [-0.1, -0.05) is 26.2 Å². The Morgan fingerprint density at radius 2 is 1.87 bits per heavy atom. The van der Waals surface area contributed by atoms with Crippen molar-refractivity contribution in [2.75, 3.05) is 0 Å². The summed E-state index contributed by atoms with van der Waals surface area (Å²) >= 11 is 6.11. The number of hydrogen-bond donors (Lipinski definition) is 0. The van der Waals surface area contributed by atoms with Gasteiger partial charge in [0.15, 0.2) is 0 Å². The van der Waals surface area contributed by atoms with E-state index in [-0.39, 0.29) is 11.9 Å². The molecule has 0 bridgehead atoms. The van der Waals surface area contributed by atoms with Crippen LogP contribution in [0.1, 0.15) is 39.5 Å². The molecule has 1 atom stereocenters. The van der Waals surface area contributed by atoms with E-state index in [1.54, 1.807) is 6.92 Å². The van der Waals surface area contributed by atoms with Gasteiger partial charge in [-0.25, -0.2) is 8.72 Å². The normalized spacial score (nSPS) is 26.7. The number of imide groups is 1. The lowest BCUT2D eigenvalue weighted by Gasteiger charge is -2.25. The number of halogens is 2. The fourth-order valence-electron chi connectivity index (χ4n) is 1.59. The summed E-state index contributed by atoms with van der Waals surface area (Å²) in [4.78, 5) is 23.3. The van der Waals surface area contributed by atoms with E-state index in [2.05, 4.69) is 39.2 Å². The number of unbranched alkanes of at least 4 members (excludes halogenated alkanes) is 2. The van der Waals surface area contributed by atoms with Gasteiger partial charge in [-0.3, -0.25) is 4.79 Å². The minimum Gasteiger partial charge on any atom is -0.271 e. The molecular formula is C9H14Br2N2O2. The highest BCUT2D eigenvalue weighted by Gasteiger charge is 2.52. The highest BCUT2D eigenvalue weighted by Crippen LogP contribution is 2.36. The number of rotatable bonds is 4. The van der Waals surface area contributed by atoms with E-state index in [4.69, 9.17) is 0 Å². The molecule has 1 aliphatic rings. The lowest BCUT2D eigenvalue weighted by molar-refractivity contribution is -0.128. The minimum absolute atomic E-state index is 0.208. The first-order valence-electron chi connectivity index (χ1n) is 4.95. The van der Waals surface area contributed by atoms with Crippen LogP contribution in [0, 0.1) is 0 Å². The summed E-state index contributed by atoms with van der Waals surface area (Å²) in [5, 5.41) is 0. The first kappa shape index (κ1) is 13.0. The summed E-state index contributed by atoms with van der Waals surface area (Å²) in [6, 6.07) is -0.362. The number of amides is 3. The van der Waals surface area contributed by atoms with Crippen molar-refractivity contribution in [3.05, 3.63) is 0 Å². The zero-order valence-corrected chi connectivity index (χ0v) is 12.0. The SMILES string of the molecule is CCCCCC1(C)C(=O)N(Br)C(=O)N1Br. The van der Waals surface area contributed by atoms with Crippen molar-refractivity contribution in [3.8, 4) is 0 Å². The molecule has 0 aliphatic carbocycles. The van der Waals surface area contributed by atoms with Gasteiger partial charge in [0.2, 0.25) is 0 Å². The Bertz CT molecular complexity index is 285. The molecule has 6 heteroatoms. The molecule has 1 fully saturated rings. The molecule has 1 unspecified atom stereocenters. The topological polar surface area (TPSA) is 40.6 Å². The third kappa shape index (κ3) is 2.20. The Kier molecular flexibility index (Phi) is 4.17. The molecule has 86 valence electrons. The quantitative estimate of drug-likeness (QED) is 0.447. The van der Waals surface area contributed by atoms with Gasteiger partial charge in [-0.15, -0.1) is 0 Å². The molecule has 3 amide bonds. The van der Waals surface area contributed by atoms with Crippen LogP contribution in [0.4, 0.5) is 4.79 Å². The van der Waals surface area contributed by atoms with Gasteiger partial charge in [0.25, 0.3) is 5.91 Å². The van der Waals surface area contributed by atoms with E-state index in [1.165, 1.54) is 3.93 Å². The van der Waals surface area contributed by atoms with Gasteiger partial charge >= 0.3 is 6.03 Å². The molecule has 0 radical (unpaired) electrons. The van der Waals surface area contributed by atoms with E-state index in [9.17, 15) is 9.59 Å². The smallest absolute Gasteiger partial charge is 0.271 e.